The Morgan fingerprint density at radius 2 is 2.07 bits per heavy atom. The Morgan fingerprint density at radius 3 is 2.73 bits per heavy atom. The fraction of sp³-hybridized carbons (Fsp3) is 0.684. The van der Waals surface area contributed by atoms with Gasteiger partial charge in [-0.2, -0.15) is 4.98 Å². The number of carbonyl (C=O) groups is 1. The van der Waals surface area contributed by atoms with Crippen molar-refractivity contribution in [2.45, 2.75) is 63.6 Å². The van der Waals surface area contributed by atoms with Crippen LogP contribution in [-0.4, -0.2) is 65.7 Å². The molecule has 3 heterocycles. The third-order valence-corrected chi connectivity index (χ3v) is 6.24. The number of fused-ring (bicyclic) bond motifs is 1. The average molecular weight is 421 g/mol. The van der Waals surface area contributed by atoms with E-state index in [4.69, 9.17) is 4.74 Å². The van der Waals surface area contributed by atoms with Gasteiger partial charge in [0, 0.05) is 5.92 Å². The van der Waals surface area contributed by atoms with E-state index >= 15 is 0 Å². The number of aliphatic hydroxyl groups excluding tert-OH is 3. The first-order valence-corrected chi connectivity index (χ1v) is 10.3. The lowest BCUT2D eigenvalue weighted by molar-refractivity contribution is -0.121. The summed E-state index contributed by atoms with van der Waals surface area (Å²) in [6.07, 6.45) is 2.02. The van der Waals surface area contributed by atoms with Crippen molar-refractivity contribution in [3.8, 4) is 0 Å². The number of nitrogens with zero attached hydrogens (tertiary/aromatic N) is 3. The molecule has 0 aromatic carbocycles. The van der Waals surface area contributed by atoms with Crippen molar-refractivity contribution in [3.05, 3.63) is 16.7 Å². The maximum atomic E-state index is 12.7. The van der Waals surface area contributed by atoms with Gasteiger partial charge in [-0.25, -0.2) is 4.98 Å². The number of aromatic nitrogens is 4. The molecule has 0 radical (unpaired) electrons. The summed E-state index contributed by atoms with van der Waals surface area (Å²) >= 11 is 0. The third kappa shape index (κ3) is 3.73. The van der Waals surface area contributed by atoms with Crippen molar-refractivity contribution >= 4 is 23.0 Å². The van der Waals surface area contributed by atoms with Crippen molar-refractivity contribution < 1.29 is 24.9 Å². The minimum absolute atomic E-state index is 0.00562. The number of imidazole rings is 1. The van der Waals surface area contributed by atoms with Crippen LogP contribution >= 0.6 is 0 Å². The van der Waals surface area contributed by atoms with E-state index in [0.29, 0.717) is 5.92 Å². The molecule has 5 atom stereocenters. The zero-order valence-electron chi connectivity index (χ0n) is 16.7. The van der Waals surface area contributed by atoms with Crippen LogP contribution < -0.4 is 10.9 Å². The second-order valence-corrected chi connectivity index (χ2v) is 8.14. The normalized spacial score (nSPS) is 28.7. The van der Waals surface area contributed by atoms with E-state index in [9.17, 15) is 24.9 Å². The summed E-state index contributed by atoms with van der Waals surface area (Å²) < 4.78 is 6.81. The molecule has 164 valence electrons. The minimum atomic E-state index is -1.34. The molecular formula is C19H27N5O6. The molecule has 0 bridgehead atoms. The molecule has 30 heavy (non-hydrogen) atoms. The van der Waals surface area contributed by atoms with Gasteiger partial charge in [-0.1, -0.05) is 26.2 Å². The maximum Gasteiger partial charge on any atom is 0.280 e. The Morgan fingerprint density at radius 1 is 1.33 bits per heavy atom. The molecule has 5 N–H and O–H groups in total. The van der Waals surface area contributed by atoms with Gasteiger partial charge in [0.1, 0.15) is 18.3 Å². The quantitative estimate of drug-likeness (QED) is 0.446. The molecule has 1 saturated heterocycles. The molecule has 1 saturated carbocycles. The zero-order chi connectivity index (χ0) is 21.4. The van der Waals surface area contributed by atoms with Crippen molar-refractivity contribution in [1.82, 2.24) is 19.5 Å². The van der Waals surface area contributed by atoms with E-state index in [1.54, 1.807) is 0 Å². The number of amides is 1. The first-order valence-electron chi connectivity index (χ1n) is 10.3. The summed E-state index contributed by atoms with van der Waals surface area (Å²) in [4.78, 5) is 35.9. The van der Waals surface area contributed by atoms with E-state index in [1.165, 1.54) is 17.3 Å². The summed E-state index contributed by atoms with van der Waals surface area (Å²) in [5, 5.41) is 32.2. The highest BCUT2D eigenvalue weighted by atomic mass is 16.6. The minimum Gasteiger partial charge on any atom is -0.394 e. The molecule has 2 aliphatic rings. The number of aromatic amines is 1. The van der Waals surface area contributed by atoms with Gasteiger partial charge in [0.2, 0.25) is 11.9 Å². The van der Waals surface area contributed by atoms with Crippen LogP contribution in [0.2, 0.25) is 0 Å². The zero-order valence-corrected chi connectivity index (χ0v) is 16.7. The number of hydrogen-bond donors (Lipinski definition) is 5. The van der Waals surface area contributed by atoms with Gasteiger partial charge in [-0.05, 0) is 18.8 Å². The number of ether oxygens (including phenoxy) is 1. The molecule has 11 heteroatoms. The van der Waals surface area contributed by atoms with Crippen LogP contribution in [0.4, 0.5) is 5.95 Å². The number of aliphatic hydroxyl groups is 3. The third-order valence-electron chi connectivity index (χ3n) is 6.24. The largest absolute Gasteiger partial charge is 0.394 e. The van der Waals surface area contributed by atoms with Gasteiger partial charge in [-0.3, -0.25) is 24.5 Å². The molecule has 1 amide bonds. The second kappa shape index (κ2) is 8.42. The lowest BCUT2D eigenvalue weighted by Gasteiger charge is -2.26. The Hall–Kier alpha value is -2.34. The highest BCUT2D eigenvalue weighted by molar-refractivity contribution is 5.91. The highest BCUT2D eigenvalue weighted by Gasteiger charge is 2.44. The van der Waals surface area contributed by atoms with Crippen LogP contribution in [0.3, 0.4) is 0 Å². The van der Waals surface area contributed by atoms with Gasteiger partial charge in [0.15, 0.2) is 17.4 Å². The molecule has 0 spiro atoms. The van der Waals surface area contributed by atoms with Crippen molar-refractivity contribution in [2.24, 2.45) is 11.8 Å². The van der Waals surface area contributed by atoms with Crippen molar-refractivity contribution in [2.75, 3.05) is 11.9 Å². The smallest absolute Gasteiger partial charge is 0.280 e. The monoisotopic (exact) mass is 421 g/mol. The summed E-state index contributed by atoms with van der Waals surface area (Å²) in [6, 6.07) is 0. The SMILES string of the molecule is CC(C(=O)Nc1nc2c(ncn2[C@@H]2O[C@H](CO)[C@@H](O)[C@H]2O)c(=O)[nH]1)C1CCCCC1. The molecule has 2 aromatic rings. The number of carbonyl (C=O) groups excluding carboxylic acids is 1. The highest BCUT2D eigenvalue weighted by Crippen LogP contribution is 2.32. The summed E-state index contributed by atoms with van der Waals surface area (Å²) in [7, 11) is 0. The number of rotatable bonds is 5. The summed E-state index contributed by atoms with van der Waals surface area (Å²) in [6.45, 7) is 1.40. The first kappa shape index (κ1) is 20.9. The van der Waals surface area contributed by atoms with Crippen LogP contribution in [0.15, 0.2) is 11.1 Å². The molecule has 11 nitrogen and oxygen atoms in total. The lowest BCUT2D eigenvalue weighted by Crippen LogP contribution is -2.33. The second-order valence-electron chi connectivity index (χ2n) is 8.14. The van der Waals surface area contributed by atoms with Gasteiger partial charge >= 0.3 is 0 Å². The fourth-order valence-corrected chi connectivity index (χ4v) is 4.36. The Balaban J connectivity index is 1.59. The fourth-order valence-electron chi connectivity index (χ4n) is 4.36. The maximum absolute atomic E-state index is 12.7. The topological polar surface area (TPSA) is 163 Å². The average Bonchev–Trinajstić information content (AvgIpc) is 3.29. The Bertz CT molecular complexity index is 968. The molecular weight excluding hydrogens is 394 g/mol. The molecule has 2 fully saturated rings. The summed E-state index contributed by atoms with van der Waals surface area (Å²) in [5.41, 5.74) is -0.452. The molecule has 1 aliphatic carbocycles. The molecule has 2 aromatic heterocycles. The summed E-state index contributed by atoms with van der Waals surface area (Å²) in [5.74, 6) is -0.146. The predicted molar refractivity (Wildman–Crippen MR) is 106 cm³/mol. The van der Waals surface area contributed by atoms with Gasteiger partial charge in [-0.15, -0.1) is 0 Å². The van der Waals surface area contributed by atoms with E-state index in [-0.39, 0.29) is 28.9 Å². The van der Waals surface area contributed by atoms with Gasteiger partial charge in [0.25, 0.3) is 5.56 Å². The Kier molecular flexibility index (Phi) is 5.87. The Labute approximate surface area is 172 Å². The van der Waals surface area contributed by atoms with E-state index in [1.807, 2.05) is 6.92 Å². The number of hydrogen-bond acceptors (Lipinski definition) is 8. The van der Waals surface area contributed by atoms with E-state index in [0.717, 1.165) is 25.7 Å². The van der Waals surface area contributed by atoms with Crippen LogP contribution in [0, 0.1) is 11.8 Å². The molecule has 4 rings (SSSR count). The van der Waals surface area contributed by atoms with Crippen molar-refractivity contribution in [1.29, 1.82) is 0 Å². The first-order chi connectivity index (χ1) is 14.4. The molecule has 1 unspecified atom stereocenters. The van der Waals surface area contributed by atoms with Crippen molar-refractivity contribution in [3.63, 3.8) is 0 Å². The van der Waals surface area contributed by atoms with Gasteiger partial charge in [0.05, 0.1) is 12.9 Å². The van der Waals surface area contributed by atoms with Crippen LogP contribution in [0.5, 0.6) is 0 Å². The van der Waals surface area contributed by atoms with Gasteiger partial charge < -0.3 is 20.1 Å². The van der Waals surface area contributed by atoms with Crippen LogP contribution in [-0.2, 0) is 9.53 Å². The molecule has 1 aliphatic heterocycles. The standard InChI is InChI=1S/C19H27N5O6/c1-9(10-5-3-2-4-6-10)16(28)22-19-21-15-12(17(29)23-19)20-8-24(15)18-14(27)13(26)11(7-25)30-18/h8-11,13-14,18,25-27H,2-7H2,1H3,(H2,21,22,23,28,29)/t9?,11-,13-,14-,18-/m1/s1. The van der Waals surface area contributed by atoms with Crippen LogP contribution in [0.1, 0.15) is 45.3 Å². The number of H-pyrrole nitrogens is 1. The van der Waals surface area contributed by atoms with E-state index < -0.39 is 36.7 Å². The number of nitrogens with one attached hydrogen (secondary N) is 2. The van der Waals surface area contributed by atoms with Crippen LogP contribution in [0.25, 0.3) is 11.2 Å². The lowest BCUT2D eigenvalue weighted by atomic mass is 9.80. The number of anilines is 1. The van der Waals surface area contributed by atoms with E-state index in [2.05, 4.69) is 20.3 Å². The predicted octanol–water partition coefficient (Wildman–Crippen LogP) is -0.114.